The highest BCUT2D eigenvalue weighted by Gasteiger charge is 2.20. The molecule has 0 aromatic heterocycles. The Morgan fingerprint density at radius 3 is 1.55 bits per heavy atom. The van der Waals surface area contributed by atoms with Gasteiger partial charge in [0.2, 0.25) is 0 Å². The number of unbranched alkanes of at least 4 members (excludes halogenated alkanes) is 23. The second-order valence-electron chi connectivity index (χ2n) is 16.1. The number of rotatable bonds is 41. The first-order valence-corrected chi connectivity index (χ1v) is 23.5. The predicted octanol–water partition coefficient (Wildman–Crippen LogP) is 12.2. The lowest BCUT2D eigenvalue weighted by Gasteiger charge is -2.28. The maximum atomic E-state index is 12.7. The van der Waals surface area contributed by atoms with E-state index >= 15 is 0 Å². The SMILES string of the molecule is CCCCCC/C=C\C/C=C\CCCCCCCC(=O)OC(COCCCCCCCCCCCCCCCCC)COP(=O)([O-])OCC[N+](C)(C)C. The molecule has 0 amide bonds. The van der Waals surface area contributed by atoms with E-state index in [1.165, 1.54) is 116 Å². The van der Waals surface area contributed by atoms with Gasteiger partial charge in [0, 0.05) is 13.0 Å². The molecule has 0 saturated carbocycles. The van der Waals surface area contributed by atoms with Gasteiger partial charge in [0.05, 0.1) is 34.4 Å². The van der Waals surface area contributed by atoms with E-state index in [1.54, 1.807) is 0 Å². The molecule has 0 aliphatic carbocycles. The zero-order valence-electron chi connectivity index (χ0n) is 35.5. The first-order chi connectivity index (χ1) is 25.6. The molecular weight excluding hydrogens is 685 g/mol. The number of carbonyl (C=O) groups excluding carboxylic acids is 1. The molecule has 0 bridgehead atoms. The lowest BCUT2D eigenvalue weighted by Crippen LogP contribution is -2.37. The number of likely N-dealkylation sites (N-methyl/N-ethyl adjacent to an activating group) is 1. The number of esters is 1. The number of hydrogen-bond donors (Lipinski definition) is 0. The molecule has 53 heavy (non-hydrogen) atoms. The first-order valence-electron chi connectivity index (χ1n) is 22.1. The van der Waals surface area contributed by atoms with Crippen molar-refractivity contribution in [1.82, 2.24) is 0 Å². The van der Waals surface area contributed by atoms with Crippen molar-refractivity contribution in [2.24, 2.45) is 0 Å². The van der Waals surface area contributed by atoms with Gasteiger partial charge in [0.25, 0.3) is 7.82 Å². The summed E-state index contributed by atoms with van der Waals surface area (Å²) >= 11 is 0. The number of carbonyl (C=O) groups is 1. The van der Waals surface area contributed by atoms with Crippen molar-refractivity contribution < 1.29 is 37.3 Å². The lowest BCUT2D eigenvalue weighted by molar-refractivity contribution is -0.870. The Balaban J connectivity index is 4.25. The number of ether oxygens (including phenoxy) is 2. The van der Waals surface area contributed by atoms with Crippen LogP contribution in [0.2, 0.25) is 0 Å². The number of phosphoric acid groups is 1. The molecule has 0 aromatic rings. The Labute approximate surface area is 328 Å². The second-order valence-corrected chi connectivity index (χ2v) is 17.5. The van der Waals surface area contributed by atoms with E-state index in [9.17, 15) is 14.3 Å². The van der Waals surface area contributed by atoms with E-state index in [1.807, 2.05) is 21.1 Å². The van der Waals surface area contributed by atoms with E-state index in [0.717, 1.165) is 57.8 Å². The molecule has 8 nitrogen and oxygen atoms in total. The largest absolute Gasteiger partial charge is 0.756 e. The van der Waals surface area contributed by atoms with Crippen LogP contribution in [0.15, 0.2) is 24.3 Å². The summed E-state index contributed by atoms with van der Waals surface area (Å²) < 4.78 is 34.6. The van der Waals surface area contributed by atoms with Crippen molar-refractivity contribution >= 4 is 13.8 Å². The van der Waals surface area contributed by atoms with E-state index in [2.05, 4.69) is 38.2 Å². The number of phosphoric ester groups is 1. The fraction of sp³-hybridized carbons (Fsp3) is 0.886. The van der Waals surface area contributed by atoms with Crippen molar-refractivity contribution in [3.05, 3.63) is 24.3 Å². The topological polar surface area (TPSA) is 94.1 Å². The molecule has 0 N–H and O–H groups in total. The third kappa shape index (κ3) is 42.0. The fourth-order valence-electron chi connectivity index (χ4n) is 6.05. The van der Waals surface area contributed by atoms with Gasteiger partial charge < -0.3 is 27.9 Å². The summed E-state index contributed by atoms with van der Waals surface area (Å²) in [5.74, 6) is -0.345. The minimum Gasteiger partial charge on any atom is -0.756 e. The van der Waals surface area contributed by atoms with Crippen molar-refractivity contribution in [2.45, 2.75) is 200 Å². The van der Waals surface area contributed by atoms with E-state index in [0.29, 0.717) is 24.1 Å². The Morgan fingerprint density at radius 1 is 0.585 bits per heavy atom. The molecule has 0 radical (unpaired) electrons. The first kappa shape index (κ1) is 52.0. The van der Waals surface area contributed by atoms with E-state index in [4.69, 9.17) is 18.5 Å². The highest BCUT2D eigenvalue weighted by molar-refractivity contribution is 7.45. The highest BCUT2D eigenvalue weighted by Crippen LogP contribution is 2.38. The van der Waals surface area contributed by atoms with Gasteiger partial charge in [-0.1, -0.05) is 167 Å². The smallest absolute Gasteiger partial charge is 0.306 e. The Hall–Kier alpha value is -1.02. The third-order valence-corrected chi connectivity index (χ3v) is 10.5. The van der Waals surface area contributed by atoms with Crippen LogP contribution in [0.1, 0.15) is 194 Å². The minimum atomic E-state index is -4.52. The average molecular weight is 772 g/mol. The number of nitrogens with zero attached hydrogens (tertiary/aromatic N) is 1. The molecule has 0 rings (SSSR count). The fourth-order valence-corrected chi connectivity index (χ4v) is 6.78. The van der Waals surface area contributed by atoms with Gasteiger partial charge in [-0.25, -0.2) is 0 Å². The molecule has 0 saturated heterocycles. The van der Waals surface area contributed by atoms with Gasteiger partial charge in [-0.05, 0) is 44.9 Å². The molecule has 314 valence electrons. The van der Waals surface area contributed by atoms with Gasteiger partial charge in [-0.2, -0.15) is 0 Å². The summed E-state index contributed by atoms with van der Waals surface area (Å²) in [6.45, 7) is 5.40. The van der Waals surface area contributed by atoms with Gasteiger partial charge in [-0.3, -0.25) is 9.36 Å². The van der Waals surface area contributed by atoms with Gasteiger partial charge in [-0.15, -0.1) is 0 Å². The van der Waals surface area contributed by atoms with Crippen molar-refractivity contribution in [3.8, 4) is 0 Å². The van der Waals surface area contributed by atoms with Crippen LogP contribution in [0.5, 0.6) is 0 Å². The highest BCUT2D eigenvalue weighted by atomic mass is 31.2. The predicted molar refractivity (Wildman–Crippen MR) is 222 cm³/mol. The van der Waals surface area contributed by atoms with Crippen LogP contribution in [-0.2, 0) is 27.9 Å². The Bertz CT molecular complexity index is 905. The number of quaternary nitrogens is 1. The van der Waals surface area contributed by atoms with Crippen LogP contribution in [0.25, 0.3) is 0 Å². The zero-order chi connectivity index (χ0) is 39.1. The van der Waals surface area contributed by atoms with Crippen molar-refractivity contribution in [2.75, 3.05) is 54.1 Å². The van der Waals surface area contributed by atoms with Gasteiger partial charge >= 0.3 is 5.97 Å². The molecular formula is C44H86NO7P. The van der Waals surface area contributed by atoms with Crippen LogP contribution in [0.3, 0.4) is 0 Å². The molecule has 9 heteroatoms. The minimum absolute atomic E-state index is 0.0251. The maximum absolute atomic E-state index is 12.7. The Kier molecular flexibility index (Phi) is 37.2. The molecule has 0 fully saturated rings. The summed E-state index contributed by atoms with van der Waals surface area (Å²) in [6.07, 6.45) is 41.8. The monoisotopic (exact) mass is 772 g/mol. The van der Waals surface area contributed by atoms with Crippen LogP contribution < -0.4 is 4.89 Å². The Morgan fingerprint density at radius 2 is 1.04 bits per heavy atom. The van der Waals surface area contributed by atoms with Crippen LogP contribution in [-0.4, -0.2) is 70.7 Å². The summed E-state index contributed by atoms with van der Waals surface area (Å²) in [5, 5.41) is 0. The van der Waals surface area contributed by atoms with Gasteiger partial charge in [0.1, 0.15) is 19.3 Å². The summed E-state index contributed by atoms with van der Waals surface area (Å²) in [4.78, 5) is 25.0. The summed E-state index contributed by atoms with van der Waals surface area (Å²) in [5.41, 5.74) is 0. The molecule has 0 spiro atoms. The van der Waals surface area contributed by atoms with Crippen LogP contribution in [0.4, 0.5) is 0 Å². The van der Waals surface area contributed by atoms with Crippen LogP contribution in [0, 0.1) is 0 Å². The third-order valence-electron chi connectivity index (χ3n) is 9.51. The van der Waals surface area contributed by atoms with Gasteiger partial charge in [0.15, 0.2) is 0 Å². The average Bonchev–Trinajstić information content (AvgIpc) is 3.11. The molecule has 0 heterocycles. The van der Waals surface area contributed by atoms with Crippen LogP contribution >= 0.6 is 7.82 Å². The quantitative estimate of drug-likeness (QED) is 0.0201. The lowest BCUT2D eigenvalue weighted by atomic mass is 10.0. The molecule has 2 atom stereocenters. The molecule has 2 unspecified atom stereocenters. The second kappa shape index (κ2) is 37.9. The van der Waals surface area contributed by atoms with E-state index in [-0.39, 0.29) is 25.8 Å². The molecule has 0 aliphatic rings. The summed E-state index contributed by atoms with van der Waals surface area (Å²) in [6, 6.07) is 0. The normalized spacial score (nSPS) is 14.0. The zero-order valence-corrected chi connectivity index (χ0v) is 36.4. The van der Waals surface area contributed by atoms with E-state index < -0.39 is 13.9 Å². The number of hydrogen-bond acceptors (Lipinski definition) is 7. The molecule has 0 aliphatic heterocycles. The maximum Gasteiger partial charge on any atom is 0.306 e. The van der Waals surface area contributed by atoms with Crippen molar-refractivity contribution in [3.63, 3.8) is 0 Å². The summed E-state index contributed by atoms with van der Waals surface area (Å²) in [7, 11) is 1.35. The molecule has 0 aromatic carbocycles. The van der Waals surface area contributed by atoms with Crippen molar-refractivity contribution in [1.29, 1.82) is 0 Å². The standard InChI is InChI=1S/C44H86NO7P/c1-6-8-10-12-14-16-18-20-22-23-25-27-29-31-33-35-37-44(46)52-43(42-51-53(47,48)50-40-38-45(3,4)5)41-49-39-36-34-32-30-28-26-24-21-19-17-15-13-11-9-7-2/h16,18,22-23,43H,6-15,17,19-21,24-42H2,1-5H3/b18-16-,23-22-. The number of allylic oxidation sites excluding steroid dienone is 4.